The highest BCUT2D eigenvalue weighted by molar-refractivity contribution is 5.75. The summed E-state index contributed by atoms with van der Waals surface area (Å²) in [4.78, 5) is 25.8. The number of carbonyl (C=O) groups excluding carboxylic acids is 2. The number of nitrogens with zero attached hydrogens (tertiary/aromatic N) is 1. The number of esters is 1. The van der Waals surface area contributed by atoms with Crippen LogP contribution in [0.1, 0.15) is 32.3 Å². The number of likely N-dealkylation sites (tertiary alicyclic amines) is 1. The molecular weight excluding hydrogens is 282 g/mol. The fourth-order valence-electron chi connectivity index (χ4n) is 2.77. The van der Waals surface area contributed by atoms with Crippen molar-refractivity contribution in [1.29, 1.82) is 0 Å². The molecule has 0 bridgehead atoms. The molecular formula is C17H23NO4. The zero-order chi connectivity index (χ0) is 15.9. The third-order valence-corrected chi connectivity index (χ3v) is 4.02. The Morgan fingerprint density at radius 2 is 1.95 bits per heavy atom. The lowest BCUT2D eigenvalue weighted by Crippen LogP contribution is -2.49. The number of piperidine rings is 1. The average Bonchev–Trinajstić information content (AvgIpc) is 2.54. The molecule has 0 aromatic heterocycles. The highest BCUT2D eigenvalue weighted by atomic mass is 16.6. The van der Waals surface area contributed by atoms with Crippen LogP contribution in [0.25, 0.3) is 0 Å². The summed E-state index contributed by atoms with van der Waals surface area (Å²) >= 11 is 0. The molecule has 1 aromatic carbocycles. The first-order chi connectivity index (χ1) is 10.6. The van der Waals surface area contributed by atoms with Crippen LogP contribution in [0, 0.1) is 5.92 Å². The molecule has 1 amide bonds. The second-order valence-corrected chi connectivity index (χ2v) is 5.47. The number of ether oxygens (including phenoxy) is 2. The smallest absolute Gasteiger partial charge is 0.410 e. The van der Waals surface area contributed by atoms with Crippen molar-refractivity contribution >= 4 is 12.1 Å². The molecule has 1 fully saturated rings. The monoisotopic (exact) mass is 305 g/mol. The van der Waals surface area contributed by atoms with E-state index in [0.717, 1.165) is 18.4 Å². The van der Waals surface area contributed by atoms with E-state index in [9.17, 15) is 9.59 Å². The Morgan fingerprint density at radius 3 is 2.64 bits per heavy atom. The average molecular weight is 305 g/mol. The summed E-state index contributed by atoms with van der Waals surface area (Å²) in [6, 6.07) is 9.36. The Balaban J connectivity index is 1.92. The topological polar surface area (TPSA) is 55.8 Å². The van der Waals surface area contributed by atoms with Crippen LogP contribution >= 0.6 is 0 Å². The summed E-state index contributed by atoms with van der Waals surface area (Å²) in [7, 11) is 0. The van der Waals surface area contributed by atoms with Crippen LogP contribution in [0.3, 0.4) is 0 Å². The Hall–Kier alpha value is -2.04. The van der Waals surface area contributed by atoms with Gasteiger partial charge in [0.25, 0.3) is 0 Å². The quantitative estimate of drug-likeness (QED) is 0.802. The normalized spacial score (nSPS) is 21.3. The molecule has 1 heterocycles. The molecule has 5 heteroatoms. The first-order valence-electron chi connectivity index (χ1n) is 7.77. The SMILES string of the molecule is CCOC(=O)[C@H]1CCCN(C(=O)OCc2ccccc2)[C@H]1C. The standard InChI is InChI=1S/C17H23NO4/c1-3-21-16(19)15-10-7-11-18(13(15)2)17(20)22-12-14-8-5-4-6-9-14/h4-6,8-9,13,15H,3,7,10-12H2,1-2H3/t13-,15-/m0/s1. The minimum Gasteiger partial charge on any atom is -0.466 e. The molecule has 0 aliphatic carbocycles. The Labute approximate surface area is 131 Å². The van der Waals surface area contributed by atoms with Crippen LogP contribution in [0.4, 0.5) is 4.79 Å². The predicted octanol–water partition coefficient (Wildman–Crippen LogP) is 2.99. The van der Waals surface area contributed by atoms with Gasteiger partial charge in [-0.05, 0) is 32.3 Å². The Kier molecular flexibility index (Phi) is 5.81. The van der Waals surface area contributed by atoms with Crippen LogP contribution in [-0.2, 0) is 20.9 Å². The van der Waals surface area contributed by atoms with E-state index in [1.54, 1.807) is 11.8 Å². The summed E-state index contributed by atoms with van der Waals surface area (Å²) in [5.41, 5.74) is 0.947. The van der Waals surface area contributed by atoms with Gasteiger partial charge in [0.15, 0.2) is 0 Å². The molecule has 0 N–H and O–H groups in total. The fraction of sp³-hybridized carbons (Fsp3) is 0.529. The van der Waals surface area contributed by atoms with Crippen molar-refractivity contribution in [2.24, 2.45) is 5.92 Å². The van der Waals surface area contributed by atoms with Crippen LogP contribution in [0.15, 0.2) is 30.3 Å². The van der Waals surface area contributed by atoms with Gasteiger partial charge in [-0.1, -0.05) is 30.3 Å². The van der Waals surface area contributed by atoms with E-state index in [-0.39, 0.29) is 30.6 Å². The van der Waals surface area contributed by atoms with E-state index in [4.69, 9.17) is 9.47 Å². The fourth-order valence-corrected chi connectivity index (χ4v) is 2.77. The van der Waals surface area contributed by atoms with Gasteiger partial charge in [-0.3, -0.25) is 4.79 Å². The summed E-state index contributed by atoms with van der Waals surface area (Å²) in [5.74, 6) is -0.492. The van der Waals surface area contributed by atoms with E-state index in [1.807, 2.05) is 37.3 Å². The molecule has 0 unspecified atom stereocenters. The van der Waals surface area contributed by atoms with Crippen molar-refractivity contribution in [2.45, 2.75) is 39.3 Å². The molecule has 5 nitrogen and oxygen atoms in total. The Morgan fingerprint density at radius 1 is 1.23 bits per heavy atom. The van der Waals surface area contributed by atoms with Gasteiger partial charge in [0.2, 0.25) is 0 Å². The largest absolute Gasteiger partial charge is 0.466 e. The molecule has 2 atom stereocenters. The second-order valence-electron chi connectivity index (χ2n) is 5.47. The van der Waals surface area contributed by atoms with Crippen molar-refractivity contribution in [3.05, 3.63) is 35.9 Å². The number of hydrogen-bond acceptors (Lipinski definition) is 4. The zero-order valence-corrected chi connectivity index (χ0v) is 13.2. The number of rotatable bonds is 4. The minimum absolute atomic E-state index is 0.198. The lowest BCUT2D eigenvalue weighted by molar-refractivity contribution is -0.151. The van der Waals surface area contributed by atoms with Gasteiger partial charge in [-0.15, -0.1) is 0 Å². The number of amides is 1. The zero-order valence-electron chi connectivity index (χ0n) is 13.2. The third kappa shape index (κ3) is 4.00. The molecule has 2 rings (SSSR count). The lowest BCUT2D eigenvalue weighted by Gasteiger charge is -2.37. The van der Waals surface area contributed by atoms with Crippen molar-refractivity contribution in [1.82, 2.24) is 4.90 Å². The van der Waals surface area contributed by atoms with Gasteiger partial charge >= 0.3 is 12.1 Å². The first-order valence-corrected chi connectivity index (χ1v) is 7.77. The molecule has 1 aliphatic heterocycles. The number of hydrogen-bond donors (Lipinski definition) is 0. The van der Waals surface area contributed by atoms with Gasteiger partial charge in [-0.2, -0.15) is 0 Å². The summed E-state index contributed by atoms with van der Waals surface area (Å²) < 4.78 is 10.5. The van der Waals surface area contributed by atoms with E-state index in [2.05, 4.69) is 0 Å². The van der Waals surface area contributed by atoms with Crippen LogP contribution in [0.2, 0.25) is 0 Å². The first kappa shape index (κ1) is 16.3. The molecule has 1 aliphatic rings. The predicted molar refractivity (Wildman–Crippen MR) is 82.2 cm³/mol. The summed E-state index contributed by atoms with van der Waals surface area (Å²) in [5, 5.41) is 0. The van der Waals surface area contributed by atoms with Gasteiger partial charge < -0.3 is 14.4 Å². The van der Waals surface area contributed by atoms with Crippen LogP contribution < -0.4 is 0 Å². The van der Waals surface area contributed by atoms with Gasteiger partial charge in [0, 0.05) is 12.6 Å². The molecule has 0 radical (unpaired) electrons. The van der Waals surface area contributed by atoms with Gasteiger partial charge in [0.1, 0.15) is 6.61 Å². The van der Waals surface area contributed by atoms with Crippen molar-refractivity contribution in [2.75, 3.05) is 13.2 Å². The van der Waals surface area contributed by atoms with E-state index < -0.39 is 0 Å². The van der Waals surface area contributed by atoms with Crippen molar-refractivity contribution in [3.63, 3.8) is 0 Å². The minimum atomic E-state index is -0.370. The van der Waals surface area contributed by atoms with Crippen LogP contribution in [0.5, 0.6) is 0 Å². The lowest BCUT2D eigenvalue weighted by atomic mass is 9.90. The maximum atomic E-state index is 12.3. The number of benzene rings is 1. The molecule has 1 saturated heterocycles. The van der Waals surface area contributed by atoms with Gasteiger partial charge in [-0.25, -0.2) is 4.79 Å². The van der Waals surface area contributed by atoms with Crippen LogP contribution in [-0.4, -0.2) is 36.2 Å². The Bertz CT molecular complexity index is 503. The second kappa shape index (κ2) is 7.82. The molecule has 1 aromatic rings. The number of carbonyl (C=O) groups is 2. The highest BCUT2D eigenvalue weighted by Gasteiger charge is 2.36. The molecule has 22 heavy (non-hydrogen) atoms. The summed E-state index contributed by atoms with van der Waals surface area (Å²) in [6.07, 6.45) is 1.17. The molecule has 0 spiro atoms. The van der Waals surface area contributed by atoms with E-state index >= 15 is 0 Å². The summed E-state index contributed by atoms with van der Waals surface area (Å²) in [6.45, 7) is 4.89. The van der Waals surface area contributed by atoms with E-state index in [0.29, 0.717) is 13.2 Å². The van der Waals surface area contributed by atoms with Crippen molar-refractivity contribution in [3.8, 4) is 0 Å². The van der Waals surface area contributed by atoms with Gasteiger partial charge in [0.05, 0.1) is 12.5 Å². The van der Waals surface area contributed by atoms with E-state index in [1.165, 1.54) is 0 Å². The van der Waals surface area contributed by atoms with Crippen molar-refractivity contribution < 1.29 is 19.1 Å². The maximum Gasteiger partial charge on any atom is 0.410 e. The maximum absolute atomic E-state index is 12.3. The third-order valence-electron chi connectivity index (χ3n) is 4.02. The highest BCUT2D eigenvalue weighted by Crippen LogP contribution is 2.25. The molecule has 120 valence electrons. The molecule has 0 saturated carbocycles.